The van der Waals surface area contributed by atoms with Gasteiger partial charge < -0.3 is 5.73 Å². The lowest BCUT2D eigenvalue weighted by Gasteiger charge is -2.30. The Morgan fingerprint density at radius 3 is 2.59 bits per heavy atom. The standard InChI is InChI=1S/C20H24F2N4O3/c1-2-3-10-25-17(23)16(18(27)24-20(25)29)26(13-6-4-5-7-13)19(28)14-9-8-12(21)11-15(14)22/h8-9,11,13H,2-7,10,23H2,1H3,(H,24,27,29). The van der Waals surface area contributed by atoms with E-state index in [0.29, 0.717) is 25.3 Å². The van der Waals surface area contributed by atoms with Crippen LogP contribution in [0.1, 0.15) is 55.8 Å². The van der Waals surface area contributed by atoms with E-state index in [4.69, 9.17) is 5.73 Å². The van der Waals surface area contributed by atoms with Crippen LogP contribution in [-0.4, -0.2) is 21.5 Å². The topological polar surface area (TPSA) is 101 Å². The van der Waals surface area contributed by atoms with Crippen LogP contribution < -0.4 is 21.9 Å². The normalized spacial score (nSPS) is 14.3. The number of rotatable bonds is 6. The second-order valence-electron chi connectivity index (χ2n) is 7.24. The SMILES string of the molecule is CCCCn1c(N)c(N(C(=O)c2ccc(F)cc2F)C2CCCC2)c(=O)[nH]c1=O. The molecular weight excluding hydrogens is 382 g/mol. The molecule has 0 bridgehead atoms. The van der Waals surface area contributed by atoms with Crippen molar-refractivity contribution in [3.05, 3.63) is 56.2 Å². The zero-order valence-electron chi connectivity index (χ0n) is 16.2. The van der Waals surface area contributed by atoms with Gasteiger partial charge in [0.1, 0.15) is 17.5 Å². The Bertz CT molecular complexity index is 1030. The fourth-order valence-corrected chi connectivity index (χ4v) is 3.75. The molecule has 1 saturated carbocycles. The molecule has 0 radical (unpaired) electrons. The largest absolute Gasteiger partial charge is 0.383 e. The van der Waals surface area contributed by atoms with Crippen LogP contribution in [0.4, 0.5) is 20.3 Å². The molecule has 7 nitrogen and oxygen atoms in total. The summed E-state index contributed by atoms with van der Waals surface area (Å²) in [6, 6.07) is 2.29. The predicted molar refractivity (Wildman–Crippen MR) is 106 cm³/mol. The Balaban J connectivity index is 2.16. The quantitative estimate of drug-likeness (QED) is 0.770. The molecule has 0 spiro atoms. The first-order chi connectivity index (χ1) is 13.8. The van der Waals surface area contributed by atoms with Gasteiger partial charge in [-0.25, -0.2) is 13.6 Å². The average Bonchev–Trinajstić information content (AvgIpc) is 3.18. The highest BCUT2D eigenvalue weighted by atomic mass is 19.1. The summed E-state index contributed by atoms with van der Waals surface area (Å²) in [6.45, 7) is 2.22. The van der Waals surface area contributed by atoms with Crippen LogP contribution in [0.25, 0.3) is 0 Å². The molecule has 1 aliphatic rings. The molecule has 1 fully saturated rings. The van der Waals surface area contributed by atoms with E-state index in [1.807, 2.05) is 6.92 Å². The van der Waals surface area contributed by atoms with Gasteiger partial charge in [-0.2, -0.15) is 0 Å². The number of nitrogens with two attached hydrogens (primary N) is 1. The molecule has 1 amide bonds. The van der Waals surface area contributed by atoms with Crippen LogP contribution in [0.2, 0.25) is 0 Å². The zero-order chi connectivity index (χ0) is 21.1. The zero-order valence-corrected chi connectivity index (χ0v) is 16.2. The molecule has 0 saturated heterocycles. The highest BCUT2D eigenvalue weighted by Crippen LogP contribution is 2.31. The number of carbonyl (C=O) groups is 1. The summed E-state index contributed by atoms with van der Waals surface area (Å²) in [4.78, 5) is 41.5. The molecule has 3 N–H and O–H groups in total. The number of hydrogen-bond donors (Lipinski definition) is 2. The first kappa shape index (κ1) is 20.8. The van der Waals surface area contributed by atoms with Crippen molar-refractivity contribution in [2.45, 2.75) is 58.0 Å². The number of carbonyl (C=O) groups excluding carboxylic acids is 1. The van der Waals surface area contributed by atoms with Crippen LogP contribution in [-0.2, 0) is 6.54 Å². The van der Waals surface area contributed by atoms with Crippen molar-refractivity contribution >= 4 is 17.4 Å². The minimum atomic E-state index is -1.02. The molecule has 3 rings (SSSR count). The van der Waals surface area contributed by atoms with Gasteiger partial charge in [-0.05, 0) is 31.4 Å². The molecule has 0 atom stereocenters. The Hall–Kier alpha value is -2.97. The van der Waals surface area contributed by atoms with Gasteiger partial charge in [0.05, 0.1) is 5.56 Å². The van der Waals surface area contributed by atoms with Gasteiger partial charge in [0, 0.05) is 18.7 Å². The van der Waals surface area contributed by atoms with E-state index in [9.17, 15) is 23.2 Å². The van der Waals surface area contributed by atoms with Crippen molar-refractivity contribution in [3.8, 4) is 0 Å². The number of aromatic nitrogens is 2. The van der Waals surface area contributed by atoms with Crippen molar-refractivity contribution in [1.82, 2.24) is 9.55 Å². The third kappa shape index (κ3) is 4.08. The number of hydrogen-bond acceptors (Lipinski definition) is 4. The Morgan fingerprint density at radius 2 is 1.97 bits per heavy atom. The van der Waals surface area contributed by atoms with Gasteiger partial charge in [-0.3, -0.25) is 24.0 Å². The summed E-state index contributed by atoms with van der Waals surface area (Å²) in [5, 5.41) is 0. The van der Waals surface area contributed by atoms with Crippen molar-refractivity contribution in [2.24, 2.45) is 0 Å². The number of halogens is 2. The number of amides is 1. The van der Waals surface area contributed by atoms with E-state index in [1.54, 1.807) is 0 Å². The van der Waals surface area contributed by atoms with Gasteiger partial charge in [-0.1, -0.05) is 26.2 Å². The van der Waals surface area contributed by atoms with Crippen molar-refractivity contribution in [2.75, 3.05) is 10.6 Å². The lowest BCUT2D eigenvalue weighted by molar-refractivity contribution is 0.0972. The molecule has 1 aliphatic carbocycles. The predicted octanol–water partition coefficient (Wildman–Crippen LogP) is 2.79. The van der Waals surface area contributed by atoms with Gasteiger partial charge in [0.2, 0.25) is 0 Å². The number of unbranched alkanes of at least 4 members (excludes halogenated alkanes) is 1. The van der Waals surface area contributed by atoms with Crippen LogP contribution in [0.5, 0.6) is 0 Å². The minimum Gasteiger partial charge on any atom is -0.383 e. The number of anilines is 2. The number of nitrogens with one attached hydrogen (secondary N) is 1. The second kappa shape index (κ2) is 8.59. The van der Waals surface area contributed by atoms with Crippen molar-refractivity contribution in [3.63, 3.8) is 0 Å². The van der Waals surface area contributed by atoms with E-state index < -0.39 is 28.8 Å². The van der Waals surface area contributed by atoms with Crippen LogP contribution >= 0.6 is 0 Å². The lowest BCUT2D eigenvalue weighted by Crippen LogP contribution is -2.45. The van der Waals surface area contributed by atoms with Crippen LogP contribution in [0.3, 0.4) is 0 Å². The first-order valence-corrected chi connectivity index (χ1v) is 9.76. The third-order valence-corrected chi connectivity index (χ3v) is 5.26. The number of benzene rings is 1. The van der Waals surface area contributed by atoms with Gasteiger partial charge >= 0.3 is 5.69 Å². The summed E-state index contributed by atoms with van der Waals surface area (Å²) < 4.78 is 28.8. The summed E-state index contributed by atoms with van der Waals surface area (Å²) in [6.07, 6.45) is 4.36. The Morgan fingerprint density at radius 1 is 1.28 bits per heavy atom. The van der Waals surface area contributed by atoms with Gasteiger partial charge in [-0.15, -0.1) is 0 Å². The highest BCUT2D eigenvalue weighted by molar-refractivity contribution is 6.07. The Kier molecular flexibility index (Phi) is 6.14. The van der Waals surface area contributed by atoms with E-state index in [-0.39, 0.29) is 29.7 Å². The highest BCUT2D eigenvalue weighted by Gasteiger charge is 2.34. The molecule has 0 aliphatic heterocycles. The monoisotopic (exact) mass is 406 g/mol. The van der Waals surface area contributed by atoms with Crippen molar-refractivity contribution < 1.29 is 13.6 Å². The fraction of sp³-hybridized carbons (Fsp3) is 0.450. The maximum absolute atomic E-state index is 14.3. The lowest BCUT2D eigenvalue weighted by atomic mass is 10.1. The van der Waals surface area contributed by atoms with Crippen LogP contribution in [0, 0.1) is 11.6 Å². The Labute approximate surface area is 166 Å². The molecule has 0 unspecified atom stereocenters. The van der Waals surface area contributed by atoms with Crippen LogP contribution in [0.15, 0.2) is 27.8 Å². The van der Waals surface area contributed by atoms with E-state index >= 15 is 0 Å². The van der Waals surface area contributed by atoms with E-state index in [0.717, 1.165) is 31.4 Å². The molecule has 29 heavy (non-hydrogen) atoms. The second-order valence-corrected chi connectivity index (χ2v) is 7.24. The third-order valence-electron chi connectivity index (χ3n) is 5.26. The smallest absolute Gasteiger partial charge is 0.330 e. The molecule has 9 heteroatoms. The average molecular weight is 406 g/mol. The molecule has 1 heterocycles. The number of nitrogen functional groups attached to an aromatic ring is 1. The van der Waals surface area contributed by atoms with Gasteiger partial charge in [0.25, 0.3) is 11.5 Å². The summed E-state index contributed by atoms with van der Waals surface area (Å²) >= 11 is 0. The summed E-state index contributed by atoms with van der Waals surface area (Å²) in [7, 11) is 0. The molecular formula is C20H24F2N4O3. The number of H-pyrrole nitrogens is 1. The molecule has 156 valence electrons. The first-order valence-electron chi connectivity index (χ1n) is 9.76. The van der Waals surface area contributed by atoms with Gasteiger partial charge in [0.15, 0.2) is 5.69 Å². The maximum Gasteiger partial charge on any atom is 0.330 e. The summed E-state index contributed by atoms with van der Waals surface area (Å²) in [5.74, 6) is -2.74. The fourth-order valence-electron chi connectivity index (χ4n) is 3.75. The van der Waals surface area contributed by atoms with Crippen molar-refractivity contribution in [1.29, 1.82) is 0 Å². The molecule has 1 aromatic heterocycles. The number of aromatic amines is 1. The maximum atomic E-state index is 14.3. The van der Waals surface area contributed by atoms with E-state index in [2.05, 4.69) is 4.98 Å². The molecule has 1 aromatic carbocycles. The summed E-state index contributed by atoms with van der Waals surface area (Å²) in [5.41, 5.74) is 4.19. The number of nitrogens with zero attached hydrogens (tertiary/aromatic N) is 2. The minimum absolute atomic E-state index is 0.130. The van der Waals surface area contributed by atoms with E-state index in [1.165, 1.54) is 9.47 Å². The molecule has 2 aromatic rings.